The van der Waals surface area contributed by atoms with Gasteiger partial charge in [0.15, 0.2) is 22.9 Å². The number of hydrogen-bond acceptors (Lipinski definition) is 5. The first kappa shape index (κ1) is 19.1. The summed E-state index contributed by atoms with van der Waals surface area (Å²) in [5, 5.41) is 0. The van der Waals surface area contributed by atoms with Gasteiger partial charge in [0.2, 0.25) is 0 Å². The highest BCUT2D eigenvalue weighted by atomic mass is 16.5. The normalized spacial score (nSPS) is 37.1. The van der Waals surface area contributed by atoms with E-state index >= 15 is 0 Å². The minimum Gasteiger partial charge on any atom is -0.493 e. The molecule has 2 heterocycles. The summed E-state index contributed by atoms with van der Waals surface area (Å²) >= 11 is 0. The van der Waals surface area contributed by atoms with Crippen LogP contribution in [0.2, 0.25) is 0 Å². The van der Waals surface area contributed by atoms with Gasteiger partial charge in [0.25, 0.3) is 0 Å². The Labute approximate surface area is 173 Å². The van der Waals surface area contributed by atoms with Gasteiger partial charge in [-0.3, -0.25) is 9.69 Å². The van der Waals surface area contributed by atoms with E-state index < -0.39 is 16.6 Å². The molecule has 5 nitrogen and oxygen atoms in total. The highest BCUT2D eigenvalue weighted by molar-refractivity contribution is 5.94. The first-order valence-electron chi connectivity index (χ1n) is 10.9. The smallest absolute Gasteiger partial charge is 0.177 e. The number of nitrogens with zero attached hydrogens (tertiary/aromatic N) is 1. The van der Waals surface area contributed by atoms with Gasteiger partial charge in [-0.05, 0) is 44.2 Å². The maximum atomic E-state index is 13.4. The molecule has 0 radical (unpaired) electrons. The van der Waals surface area contributed by atoms with Crippen molar-refractivity contribution in [1.82, 2.24) is 4.90 Å². The minimum atomic E-state index is -0.913. The van der Waals surface area contributed by atoms with E-state index in [2.05, 4.69) is 24.5 Å². The molecule has 2 fully saturated rings. The number of piperidine rings is 1. The zero-order valence-corrected chi connectivity index (χ0v) is 17.8. The number of carbonyl (C=O) groups is 1. The summed E-state index contributed by atoms with van der Waals surface area (Å²) in [4.78, 5) is 15.9. The Bertz CT molecular complexity index is 882. The first-order valence-corrected chi connectivity index (χ1v) is 10.9. The highest BCUT2D eigenvalue weighted by Gasteiger charge is 2.78. The molecule has 5 heteroatoms. The van der Waals surface area contributed by atoms with Crippen LogP contribution in [-0.2, 0) is 21.4 Å². The average molecular weight is 398 g/mol. The van der Waals surface area contributed by atoms with Gasteiger partial charge in [0.1, 0.15) is 0 Å². The predicted octanol–water partition coefficient (Wildman–Crippen LogP) is 3.43. The number of Topliss-reactive ketones (excluding diaryl/α,β-unsaturated/α-hetero) is 1. The van der Waals surface area contributed by atoms with Crippen LogP contribution in [0.25, 0.3) is 0 Å². The van der Waals surface area contributed by atoms with E-state index in [0.29, 0.717) is 13.0 Å². The van der Waals surface area contributed by atoms with Crippen LogP contribution >= 0.6 is 0 Å². The van der Waals surface area contributed by atoms with Crippen LogP contribution in [0.4, 0.5) is 0 Å². The molecule has 5 rings (SSSR count). The summed E-state index contributed by atoms with van der Waals surface area (Å²) in [6.07, 6.45) is 5.93. The van der Waals surface area contributed by atoms with E-state index in [1.54, 1.807) is 7.11 Å². The monoisotopic (exact) mass is 397 g/mol. The van der Waals surface area contributed by atoms with Crippen molar-refractivity contribution in [2.24, 2.45) is 0 Å². The molecule has 1 aromatic rings. The van der Waals surface area contributed by atoms with Gasteiger partial charge in [0.05, 0.1) is 18.1 Å². The Balaban J connectivity index is 1.82. The summed E-state index contributed by atoms with van der Waals surface area (Å²) < 4.78 is 19.1. The molecular formula is C24H31NO4. The number of carbonyl (C=O) groups excluding carboxylic acids is 1. The van der Waals surface area contributed by atoms with Crippen LogP contribution in [0.3, 0.4) is 0 Å². The molecule has 1 spiro atoms. The zero-order chi connectivity index (χ0) is 20.4. The lowest BCUT2D eigenvalue weighted by molar-refractivity contribution is -0.229. The SMILES string of the molecule is C=CCN1CC[C@]23c4c5ccc(OC)c4OC2(C)C(=O)CC[C@@]3(OCCC)[C@H]1C5. The Hall–Kier alpha value is -1.85. The largest absolute Gasteiger partial charge is 0.493 e. The molecule has 0 aromatic heterocycles. The summed E-state index contributed by atoms with van der Waals surface area (Å²) in [6, 6.07) is 4.37. The second kappa shape index (κ2) is 6.32. The number of ether oxygens (including phenoxy) is 3. The number of rotatable bonds is 6. The van der Waals surface area contributed by atoms with Gasteiger partial charge >= 0.3 is 0 Å². The maximum Gasteiger partial charge on any atom is 0.177 e. The molecule has 1 unspecified atom stereocenters. The number of methoxy groups -OCH3 is 1. The minimum absolute atomic E-state index is 0.190. The molecule has 4 aliphatic rings. The Morgan fingerprint density at radius 2 is 2.21 bits per heavy atom. The van der Waals surface area contributed by atoms with E-state index in [1.165, 1.54) is 11.1 Å². The third-order valence-electron chi connectivity index (χ3n) is 8.05. The van der Waals surface area contributed by atoms with Crippen molar-refractivity contribution < 1.29 is 19.0 Å². The molecule has 1 saturated heterocycles. The molecule has 1 aromatic carbocycles. The van der Waals surface area contributed by atoms with E-state index in [4.69, 9.17) is 14.2 Å². The standard InChI is InChI=1S/C24H31NO4/c1-5-12-25-13-11-23-20-16-7-8-17(27-4)21(20)29-22(23,3)19(26)9-10-24(23,18(25)15-16)28-14-6-2/h5,7-8,18H,1,6,9-15H2,2-4H3/t18-,22?,23+,24-/m1/s1. The lowest BCUT2D eigenvalue weighted by Gasteiger charge is -2.66. The topological polar surface area (TPSA) is 48.0 Å². The van der Waals surface area contributed by atoms with Crippen LogP contribution in [0.15, 0.2) is 24.8 Å². The second-order valence-corrected chi connectivity index (χ2v) is 9.09. The Morgan fingerprint density at radius 1 is 1.38 bits per heavy atom. The molecule has 2 bridgehead atoms. The van der Waals surface area contributed by atoms with Crippen LogP contribution in [0.5, 0.6) is 11.5 Å². The van der Waals surface area contributed by atoms with Crippen LogP contribution < -0.4 is 9.47 Å². The quantitative estimate of drug-likeness (QED) is 0.689. The van der Waals surface area contributed by atoms with E-state index in [9.17, 15) is 4.79 Å². The summed E-state index contributed by atoms with van der Waals surface area (Å²) in [7, 11) is 1.67. The van der Waals surface area contributed by atoms with Crippen LogP contribution in [-0.4, -0.2) is 54.7 Å². The first-order chi connectivity index (χ1) is 14.0. The lowest BCUT2D eigenvalue weighted by atomic mass is 9.45. The molecule has 156 valence electrons. The van der Waals surface area contributed by atoms with Crippen molar-refractivity contribution in [2.45, 2.75) is 68.6 Å². The third kappa shape index (κ3) is 2.05. The average Bonchev–Trinajstić information content (AvgIpc) is 3.00. The van der Waals surface area contributed by atoms with Crippen molar-refractivity contribution in [3.8, 4) is 11.5 Å². The third-order valence-corrected chi connectivity index (χ3v) is 8.05. The number of hydrogen-bond donors (Lipinski definition) is 0. The van der Waals surface area contributed by atoms with E-state index in [0.717, 1.165) is 50.3 Å². The van der Waals surface area contributed by atoms with E-state index in [1.807, 2.05) is 19.1 Å². The Kier molecular flexibility index (Phi) is 4.17. The molecule has 1 saturated carbocycles. The molecular weight excluding hydrogens is 366 g/mol. The van der Waals surface area contributed by atoms with Crippen molar-refractivity contribution in [2.75, 3.05) is 26.8 Å². The Morgan fingerprint density at radius 3 is 2.93 bits per heavy atom. The summed E-state index contributed by atoms with van der Waals surface area (Å²) in [5.74, 6) is 1.68. The second-order valence-electron chi connectivity index (χ2n) is 9.09. The van der Waals surface area contributed by atoms with Gasteiger partial charge in [-0.1, -0.05) is 19.1 Å². The van der Waals surface area contributed by atoms with Crippen molar-refractivity contribution in [3.63, 3.8) is 0 Å². The fraction of sp³-hybridized carbons (Fsp3) is 0.625. The van der Waals surface area contributed by atoms with Gasteiger partial charge in [-0.2, -0.15) is 0 Å². The fourth-order valence-corrected chi connectivity index (χ4v) is 6.95. The van der Waals surface area contributed by atoms with Gasteiger partial charge in [-0.25, -0.2) is 0 Å². The molecule has 29 heavy (non-hydrogen) atoms. The fourth-order valence-electron chi connectivity index (χ4n) is 6.95. The maximum absolute atomic E-state index is 13.4. The van der Waals surface area contributed by atoms with Gasteiger partial charge in [-0.15, -0.1) is 6.58 Å². The van der Waals surface area contributed by atoms with Crippen molar-refractivity contribution in [1.29, 1.82) is 0 Å². The number of benzene rings is 1. The van der Waals surface area contributed by atoms with Crippen molar-refractivity contribution in [3.05, 3.63) is 35.9 Å². The molecule has 2 aliphatic heterocycles. The van der Waals surface area contributed by atoms with Gasteiger partial charge in [0, 0.05) is 37.7 Å². The predicted molar refractivity (Wildman–Crippen MR) is 111 cm³/mol. The van der Waals surface area contributed by atoms with E-state index in [-0.39, 0.29) is 11.8 Å². The van der Waals surface area contributed by atoms with Gasteiger partial charge < -0.3 is 14.2 Å². The highest BCUT2D eigenvalue weighted by Crippen LogP contribution is 2.69. The van der Waals surface area contributed by atoms with Crippen LogP contribution in [0.1, 0.15) is 50.7 Å². The molecule has 0 N–H and O–H groups in total. The lowest BCUT2D eigenvalue weighted by Crippen LogP contribution is -2.80. The van der Waals surface area contributed by atoms with Crippen LogP contribution in [0, 0.1) is 0 Å². The summed E-state index contributed by atoms with van der Waals surface area (Å²) in [6.45, 7) is 10.6. The number of likely N-dealkylation sites (tertiary alicyclic amines) is 1. The molecule has 0 amide bonds. The molecule has 2 aliphatic carbocycles. The summed E-state index contributed by atoms with van der Waals surface area (Å²) in [5.41, 5.74) is 0.637. The zero-order valence-electron chi connectivity index (χ0n) is 17.8. The number of ketones is 1. The molecule has 4 atom stereocenters. The van der Waals surface area contributed by atoms with Crippen molar-refractivity contribution >= 4 is 5.78 Å².